The number of unbranched alkanes of at least 4 members (excludes halogenated alkanes) is 3. The fourth-order valence-electron chi connectivity index (χ4n) is 2.29. The minimum atomic E-state index is 0.0212. The summed E-state index contributed by atoms with van der Waals surface area (Å²) < 4.78 is 0. The number of Topliss-reactive ketones (excluding diaryl/α,β-unsaturated/α-hetero) is 1. The first-order valence-electron chi connectivity index (χ1n) is 7.26. The van der Waals surface area contributed by atoms with E-state index in [0.717, 1.165) is 12.0 Å². The average molecular weight is 287 g/mol. The Labute approximate surface area is 124 Å². The second-order valence-corrected chi connectivity index (χ2v) is 5.99. The highest BCUT2D eigenvalue weighted by molar-refractivity contribution is 7.13. The summed E-state index contributed by atoms with van der Waals surface area (Å²) in [6, 6.07) is 6.11. The third kappa shape index (κ3) is 3.76. The van der Waals surface area contributed by atoms with Crippen LogP contribution in [-0.2, 0) is 6.42 Å². The van der Waals surface area contributed by atoms with Gasteiger partial charge in [-0.15, -0.1) is 11.3 Å². The lowest BCUT2D eigenvalue weighted by Crippen LogP contribution is -1.96. The zero-order chi connectivity index (χ0) is 14.4. The monoisotopic (exact) mass is 287 g/mol. The second-order valence-electron chi connectivity index (χ2n) is 5.07. The lowest BCUT2D eigenvalue weighted by molar-refractivity contribution is 0.101. The molecule has 0 saturated heterocycles. The number of pyridine rings is 1. The largest absolute Gasteiger partial charge is 0.293 e. The molecule has 0 N–H and O–H groups in total. The number of aryl methyl sites for hydroxylation is 1. The Morgan fingerprint density at radius 2 is 2.10 bits per heavy atom. The van der Waals surface area contributed by atoms with Gasteiger partial charge in [0.15, 0.2) is 5.78 Å². The van der Waals surface area contributed by atoms with Gasteiger partial charge >= 0.3 is 0 Å². The van der Waals surface area contributed by atoms with Crippen molar-refractivity contribution in [2.45, 2.75) is 46.0 Å². The summed E-state index contributed by atoms with van der Waals surface area (Å²) >= 11 is 1.75. The maximum Gasteiger partial charge on any atom is 0.178 e. The number of rotatable bonds is 7. The van der Waals surface area contributed by atoms with Gasteiger partial charge in [-0.1, -0.05) is 26.2 Å². The minimum absolute atomic E-state index is 0.0212. The van der Waals surface area contributed by atoms with Crippen molar-refractivity contribution in [1.82, 2.24) is 4.98 Å². The number of thiophene rings is 1. The van der Waals surface area contributed by atoms with Crippen molar-refractivity contribution in [2.24, 2.45) is 0 Å². The molecule has 0 aliphatic heterocycles. The zero-order valence-corrected chi connectivity index (χ0v) is 13.0. The Bertz CT molecular complexity index is 574. The highest BCUT2D eigenvalue weighted by atomic mass is 32.1. The summed E-state index contributed by atoms with van der Waals surface area (Å²) in [6.45, 7) is 3.79. The van der Waals surface area contributed by atoms with Gasteiger partial charge < -0.3 is 0 Å². The molecule has 2 aromatic rings. The first-order chi connectivity index (χ1) is 9.72. The number of carbonyl (C=O) groups excluding carboxylic acids is 1. The SMILES string of the molecule is CCCCCCc1ccsc1-c1ccnc(C(C)=O)c1. The Hall–Kier alpha value is -1.48. The summed E-state index contributed by atoms with van der Waals surface area (Å²) in [5, 5.41) is 2.14. The zero-order valence-electron chi connectivity index (χ0n) is 12.2. The summed E-state index contributed by atoms with van der Waals surface area (Å²) in [6.07, 6.45) is 7.96. The van der Waals surface area contributed by atoms with Gasteiger partial charge in [0.05, 0.1) is 0 Å². The molecular weight excluding hydrogens is 266 g/mol. The van der Waals surface area contributed by atoms with Gasteiger partial charge in [0.1, 0.15) is 5.69 Å². The van der Waals surface area contributed by atoms with Crippen LogP contribution >= 0.6 is 11.3 Å². The number of carbonyl (C=O) groups is 1. The molecule has 0 aliphatic rings. The van der Waals surface area contributed by atoms with Crippen LogP contribution < -0.4 is 0 Å². The molecule has 3 heteroatoms. The van der Waals surface area contributed by atoms with Crippen molar-refractivity contribution in [3.63, 3.8) is 0 Å². The topological polar surface area (TPSA) is 30.0 Å². The van der Waals surface area contributed by atoms with Gasteiger partial charge in [-0.05, 0) is 47.5 Å². The lowest BCUT2D eigenvalue weighted by atomic mass is 10.0. The molecule has 0 radical (unpaired) electrons. The highest BCUT2D eigenvalue weighted by Crippen LogP contribution is 2.31. The van der Waals surface area contributed by atoms with Gasteiger partial charge in [-0.2, -0.15) is 0 Å². The summed E-state index contributed by atoms with van der Waals surface area (Å²) in [7, 11) is 0. The maximum atomic E-state index is 11.4. The fourth-order valence-corrected chi connectivity index (χ4v) is 3.25. The molecule has 2 heterocycles. The fraction of sp³-hybridized carbons (Fsp3) is 0.412. The predicted octanol–water partition coefficient (Wildman–Crippen LogP) is 5.14. The molecule has 0 aromatic carbocycles. The molecule has 2 nitrogen and oxygen atoms in total. The second kappa shape index (κ2) is 7.34. The molecule has 0 atom stereocenters. The van der Waals surface area contributed by atoms with Gasteiger partial charge in [0.25, 0.3) is 0 Å². The Balaban J connectivity index is 2.14. The maximum absolute atomic E-state index is 11.4. The van der Waals surface area contributed by atoms with Crippen LogP contribution in [0.1, 0.15) is 55.6 Å². The van der Waals surface area contributed by atoms with Crippen molar-refractivity contribution >= 4 is 17.1 Å². The quantitative estimate of drug-likeness (QED) is 0.521. The Morgan fingerprint density at radius 1 is 1.25 bits per heavy atom. The van der Waals surface area contributed by atoms with E-state index in [1.807, 2.05) is 12.1 Å². The van der Waals surface area contributed by atoms with E-state index in [1.54, 1.807) is 24.5 Å². The van der Waals surface area contributed by atoms with E-state index in [2.05, 4.69) is 23.4 Å². The van der Waals surface area contributed by atoms with Crippen molar-refractivity contribution in [3.05, 3.63) is 41.0 Å². The normalized spacial score (nSPS) is 10.7. The molecule has 20 heavy (non-hydrogen) atoms. The number of hydrogen-bond acceptors (Lipinski definition) is 3. The van der Waals surface area contributed by atoms with E-state index in [9.17, 15) is 4.79 Å². The smallest absolute Gasteiger partial charge is 0.178 e. The van der Waals surface area contributed by atoms with E-state index in [0.29, 0.717) is 5.69 Å². The van der Waals surface area contributed by atoms with Crippen molar-refractivity contribution < 1.29 is 4.79 Å². The van der Waals surface area contributed by atoms with Gasteiger partial charge in [0.2, 0.25) is 0 Å². The summed E-state index contributed by atoms with van der Waals surface area (Å²) in [5.41, 5.74) is 3.06. The molecule has 106 valence electrons. The molecular formula is C17H21NOS. The van der Waals surface area contributed by atoms with Crippen LogP contribution in [0, 0.1) is 0 Å². The standard InChI is InChI=1S/C17H21NOS/c1-3-4-5-6-7-14-9-11-20-17(14)15-8-10-18-16(12-15)13(2)19/h8-12H,3-7H2,1-2H3. The highest BCUT2D eigenvalue weighted by Gasteiger charge is 2.09. The molecule has 0 bridgehead atoms. The molecule has 0 aliphatic carbocycles. The molecule has 2 aromatic heterocycles. The van der Waals surface area contributed by atoms with E-state index in [-0.39, 0.29) is 5.78 Å². The van der Waals surface area contributed by atoms with Gasteiger partial charge in [0, 0.05) is 18.0 Å². The molecule has 0 spiro atoms. The Morgan fingerprint density at radius 3 is 2.85 bits per heavy atom. The molecule has 0 saturated carbocycles. The van der Waals surface area contributed by atoms with E-state index >= 15 is 0 Å². The first kappa shape index (κ1) is 14.9. The Kier molecular flexibility index (Phi) is 5.48. The number of ketones is 1. The molecule has 0 fully saturated rings. The summed E-state index contributed by atoms with van der Waals surface area (Å²) in [4.78, 5) is 16.8. The minimum Gasteiger partial charge on any atom is -0.293 e. The van der Waals surface area contributed by atoms with Crippen LogP contribution in [0.25, 0.3) is 10.4 Å². The van der Waals surface area contributed by atoms with Crippen molar-refractivity contribution in [3.8, 4) is 10.4 Å². The third-order valence-corrected chi connectivity index (χ3v) is 4.44. The van der Waals surface area contributed by atoms with Gasteiger partial charge in [-0.3, -0.25) is 9.78 Å². The van der Waals surface area contributed by atoms with Crippen LogP contribution in [0.15, 0.2) is 29.8 Å². The van der Waals surface area contributed by atoms with Crippen LogP contribution in [0.3, 0.4) is 0 Å². The van der Waals surface area contributed by atoms with Gasteiger partial charge in [-0.25, -0.2) is 0 Å². The third-order valence-electron chi connectivity index (χ3n) is 3.43. The van der Waals surface area contributed by atoms with Crippen LogP contribution in [0.4, 0.5) is 0 Å². The van der Waals surface area contributed by atoms with Crippen LogP contribution in [-0.4, -0.2) is 10.8 Å². The molecule has 0 unspecified atom stereocenters. The predicted molar refractivity (Wildman–Crippen MR) is 85.4 cm³/mol. The molecule has 2 rings (SSSR count). The van der Waals surface area contributed by atoms with Crippen molar-refractivity contribution in [1.29, 1.82) is 0 Å². The number of nitrogens with zero attached hydrogens (tertiary/aromatic N) is 1. The van der Waals surface area contributed by atoms with Crippen molar-refractivity contribution in [2.75, 3.05) is 0 Å². The van der Waals surface area contributed by atoms with Crippen LogP contribution in [0.5, 0.6) is 0 Å². The summed E-state index contributed by atoms with van der Waals surface area (Å²) in [5.74, 6) is 0.0212. The van der Waals surface area contributed by atoms with Crippen LogP contribution in [0.2, 0.25) is 0 Å². The van der Waals surface area contributed by atoms with E-state index in [4.69, 9.17) is 0 Å². The average Bonchev–Trinajstić information content (AvgIpc) is 2.92. The lowest BCUT2D eigenvalue weighted by Gasteiger charge is -2.05. The van der Waals surface area contributed by atoms with E-state index in [1.165, 1.54) is 36.1 Å². The first-order valence-corrected chi connectivity index (χ1v) is 8.14. The van der Waals surface area contributed by atoms with E-state index < -0.39 is 0 Å². The molecule has 0 amide bonds. The number of aromatic nitrogens is 1. The number of hydrogen-bond donors (Lipinski definition) is 0.